The standard InChI is InChI=1S/C20H21N7O/c1-22-19-18(28)9-17(15-10-24-26(2)12-15)25-20(19)27(21)11-13-5-6-16-14(8-13)4-3-7-23-16/h3-10,12,22H,11,21H2,1-2H3,(H,25,28)/p+1. The van der Waals surface area contributed by atoms with Gasteiger partial charge in [0.05, 0.1) is 31.0 Å². The normalized spacial score (nSPS) is 11.1. The number of hydrogen-bond acceptors (Lipinski definition) is 5. The van der Waals surface area contributed by atoms with E-state index < -0.39 is 0 Å². The number of aryl methyl sites for hydroxylation is 1. The summed E-state index contributed by atoms with van der Waals surface area (Å²) < 4.78 is 1.69. The Labute approximate surface area is 161 Å². The number of aromatic nitrogens is 4. The Bertz CT molecular complexity index is 1190. The number of fused-ring (bicyclic) bond motifs is 1. The number of quaternary nitrogens is 1. The van der Waals surface area contributed by atoms with Crippen LogP contribution in [0.3, 0.4) is 0 Å². The number of pyridine rings is 2. The summed E-state index contributed by atoms with van der Waals surface area (Å²) in [5.41, 5.74) is 3.92. The van der Waals surface area contributed by atoms with Gasteiger partial charge in [-0.3, -0.25) is 19.5 Å². The molecule has 8 heteroatoms. The van der Waals surface area contributed by atoms with Crippen LogP contribution in [0.25, 0.3) is 22.2 Å². The number of nitrogens with zero attached hydrogens (tertiary/aromatic N) is 4. The van der Waals surface area contributed by atoms with Gasteiger partial charge >= 0.3 is 0 Å². The van der Waals surface area contributed by atoms with Crippen molar-refractivity contribution in [2.75, 3.05) is 12.1 Å². The minimum Gasteiger partial charge on any atom is -0.335 e. The summed E-state index contributed by atoms with van der Waals surface area (Å²) in [6, 6.07) is 11.5. The predicted octanol–water partition coefficient (Wildman–Crippen LogP) is 1.03. The molecule has 0 unspecified atom stereocenters. The third-order valence-electron chi connectivity index (χ3n) is 4.66. The largest absolute Gasteiger partial charge is 0.335 e. The molecule has 28 heavy (non-hydrogen) atoms. The van der Waals surface area contributed by atoms with Crippen molar-refractivity contribution in [3.63, 3.8) is 0 Å². The molecule has 3 aromatic heterocycles. The van der Waals surface area contributed by atoms with Crippen LogP contribution in [0, 0.1) is 0 Å². The van der Waals surface area contributed by atoms with E-state index in [1.807, 2.05) is 44.6 Å². The van der Waals surface area contributed by atoms with E-state index in [1.165, 1.54) is 0 Å². The number of rotatable bonds is 5. The molecule has 5 N–H and O–H groups in total. The average molecular weight is 376 g/mol. The van der Waals surface area contributed by atoms with Crippen LogP contribution in [-0.4, -0.2) is 26.8 Å². The van der Waals surface area contributed by atoms with Crippen molar-refractivity contribution >= 4 is 22.4 Å². The highest BCUT2D eigenvalue weighted by molar-refractivity contribution is 5.79. The lowest BCUT2D eigenvalue weighted by molar-refractivity contribution is -0.539. The number of hydrazine groups is 1. The number of benzene rings is 1. The van der Waals surface area contributed by atoms with Gasteiger partial charge in [0.2, 0.25) is 11.1 Å². The Hall–Kier alpha value is -3.49. The van der Waals surface area contributed by atoms with Crippen LogP contribution in [-0.2, 0) is 13.6 Å². The van der Waals surface area contributed by atoms with E-state index in [0.717, 1.165) is 22.0 Å². The summed E-state index contributed by atoms with van der Waals surface area (Å²) in [6.07, 6.45) is 5.33. The molecular formula is C20H22N7O+. The molecular weight excluding hydrogens is 354 g/mol. The topological polar surface area (TPSA) is 109 Å². The van der Waals surface area contributed by atoms with Crippen LogP contribution in [0.2, 0.25) is 0 Å². The number of anilines is 1. The number of aromatic amines is 1. The zero-order valence-corrected chi connectivity index (χ0v) is 15.8. The first-order valence-electron chi connectivity index (χ1n) is 8.97. The van der Waals surface area contributed by atoms with Gasteiger partial charge in [0.15, 0.2) is 5.82 Å². The van der Waals surface area contributed by atoms with Crippen molar-refractivity contribution in [2.24, 2.45) is 12.9 Å². The monoisotopic (exact) mass is 376 g/mol. The van der Waals surface area contributed by atoms with E-state index >= 15 is 0 Å². The third kappa shape index (κ3) is 3.38. The van der Waals surface area contributed by atoms with Crippen LogP contribution < -0.4 is 21.6 Å². The molecule has 142 valence electrons. The van der Waals surface area contributed by atoms with Crippen LogP contribution in [0.1, 0.15) is 5.56 Å². The first-order valence-corrected chi connectivity index (χ1v) is 8.97. The molecule has 0 amide bonds. The summed E-state index contributed by atoms with van der Waals surface area (Å²) in [6.45, 7) is 0.443. The Morgan fingerprint density at radius 2 is 2.14 bits per heavy atom. The zero-order chi connectivity index (χ0) is 19.7. The molecule has 0 atom stereocenters. The van der Waals surface area contributed by atoms with E-state index in [2.05, 4.69) is 21.1 Å². The summed E-state index contributed by atoms with van der Waals surface area (Å²) in [5.74, 6) is 6.94. The zero-order valence-electron chi connectivity index (χ0n) is 15.8. The molecule has 4 rings (SSSR count). The van der Waals surface area contributed by atoms with Crippen molar-refractivity contribution < 1.29 is 5.32 Å². The molecule has 0 aliphatic carbocycles. The number of H-pyrrole nitrogens is 1. The van der Waals surface area contributed by atoms with Gasteiger partial charge in [-0.05, 0) is 23.8 Å². The molecule has 0 radical (unpaired) electrons. The highest BCUT2D eigenvalue weighted by Gasteiger charge is 2.18. The van der Waals surface area contributed by atoms with E-state index in [-0.39, 0.29) is 5.43 Å². The van der Waals surface area contributed by atoms with Crippen molar-refractivity contribution in [3.05, 3.63) is 70.8 Å². The molecule has 4 aromatic rings. The molecule has 3 heterocycles. The van der Waals surface area contributed by atoms with Crippen molar-refractivity contribution in [2.45, 2.75) is 6.54 Å². The summed E-state index contributed by atoms with van der Waals surface area (Å²) in [4.78, 5) is 20.3. The average Bonchev–Trinajstić information content (AvgIpc) is 3.13. The Morgan fingerprint density at radius 1 is 1.29 bits per heavy atom. The minimum absolute atomic E-state index is 0.0896. The second kappa shape index (κ2) is 7.26. The molecule has 1 aromatic carbocycles. The lowest BCUT2D eigenvalue weighted by Gasteiger charge is -2.20. The van der Waals surface area contributed by atoms with Gasteiger partial charge in [-0.15, -0.1) is 0 Å². The lowest BCUT2D eigenvalue weighted by atomic mass is 10.1. The van der Waals surface area contributed by atoms with E-state index in [9.17, 15) is 4.79 Å². The molecule has 0 saturated heterocycles. The molecule has 0 fully saturated rings. The van der Waals surface area contributed by atoms with Crippen LogP contribution in [0.15, 0.2) is 59.8 Å². The fourth-order valence-corrected chi connectivity index (χ4v) is 3.28. The number of hydrogen-bond donors (Lipinski definition) is 3. The second-order valence-electron chi connectivity index (χ2n) is 6.66. The van der Waals surface area contributed by atoms with Gasteiger partial charge in [0.1, 0.15) is 0 Å². The molecule has 0 aliphatic rings. The van der Waals surface area contributed by atoms with Gasteiger partial charge < -0.3 is 10.3 Å². The van der Waals surface area contributed by atoms with E-state index in [1.54, 1.807) is 33.5 Å². The van der Waals surface area contributed by atoms with Crippen LogP contribution >= 0.6 is 0 Å². The van der Waals surface area contributed by atoms with Crippen molar-refractivity contribution in [3.8, 4) is 11.3 Å². The summed E-state index contributed by atoms with van der Waals surface area (Å²) in [5, 5.41) is 8.55. The first kappa shape index (κ1) is 17.9. The fraction of sp³-hybridized carbons (Fsp3) is 0.150. The maximum absolute atomic E-state index is 12.6. The summed E-state index contributed by atoms with van der Waals surface area (Å²) in [7, 11) is 3.66. The highest BCUT2D eigenvalue weighted by atomic mass is 16.1. The minimum atomic E-state index is -0.0896. The quantitative estimate of drug-likeness (QED) is 0.356. The predicted molar refractivity (Wildman–Crippen MR) is 109 cm³/mol. The molecule has 0 saturated carbocycles. The van der Waals surface area contributed by atoms with Crippen molar-refractivity contribution in [1.82, 2.24) is 19.7 Å². The number of nitrogens with two attached hydrogens (primary N) is 2. The SMILES string of the molecule is C[NH2+]c1c(N(N)Cc2ccc3ncccc3c2)[nH]c(-c2cnn(C)c2)cc1=O. The lowest BCUT2D eigenvalue weighted by Crippen LogP contribution is -2.75. The highest BCUT2D eigenvalue weighted by Crippen LogP contribution is 2.22. The van der Waals surface area contributed by atoms with Gasteiger partial charge in [-0.2, -0.15) is 5.10 Å². The second-order valence-corrected chi connectivity index (χ2v) is 6.66. The third-order valence-corrected chi connectivity index (χ3v) is 4.66. The van der Waals surface area contributed by atoms with Crippen molar-refractivity contribution in [1.29, 1.82) is 0 Å². The molecule has 8 nitrogen and oxygen atoms in total. The first-order chi connectivity index (χ1) is 13.5. The van der Waals surface area contributed by atoms with E-state index in [0.29, 0.717) is 23.7 Å². The van der Waals surface area contributed by atoms with Gasteiger partial charge in [-0.1, -0.05) is 12.1 Å². The Balaban J connectivity index is 1.71. The van der Waals surface area contributed by atoms with E-state index in [4.69, 9.17) is 5.84 Å². The molecule has 0 aliphatic heterocycles. The molecule has 0 spiro atoms. The maximum Gasteiger partial charge on any atom is 0.244 e. The van der Waals surface area contributed by atoms with Gasteiger partial charge in [0.25, 0.3) is 0 Å². The Morgan fingerprint density at radius 3 is 2.89 bits per heavy atom. The van der Waals surface area contributed by atoms with Crippen LogP contribution in [0.5, 0.6) is 0 Å². The van der Waals surface area contributed by atoms with Gasteiger partial charge in [0, 0.05) is 36.5 Å². The summed E-state index contributed by atoms with van der Waals surface area (Å²) >= 11 is 0. The van der Waals surface area contributed by atoms with Crippen LogP contribution in [0.4, 0.5) is 11.5 Å². The Kier molecular flexibility index (Phi) is 4.64. The number of nitrogens with one attached hydrogen (secondary N) is 1. The van der Waals surface area contributed by atoms with Gasteiger partial charge in [-0.25, -0.2) is 5.84 Å². The smallest absolute Gasteiger partial charge is 0.244 e. The fourth-order valence-electron chi connectivity index (χ4n) is 3.28. The maximum atomic E-state index is 12.6. The molecule has 0 bridgehead atoms.